The molecule has 0 rings (SSSR count). The number of phosphoric ester groups is 1. The molecule has 372 valence electrons. The number of unbranched alkanes of at least 4 members (excludes halogenated alkanes) is 35. The van der Waals surface area contributed by atoms with E-state index in [0.29, 0.717) is 12.8 Å². The number of esters is 2. The number of hydrogen-bond acceptors (Lipinski definition) is 7. The monoisotopic (exact) mass is 911 g/mol. The highest BCUT2D eigenvalue weighted by Gasteiger charge is 2.25. The molecular formula is C54H103O8P. The van der Waals surface area contributed by atoms with Crippen molar-refractivity contribution in [2.45, 2.75) is 290 Å². The fourth-order valence-corrected chi connectivity index (χ4v) is 8.77. The highest BCUT2D eigenvalue weighted by atomic mass is 31.2. The molecule has 0 aliphatic heterocycles. The number of hydrogen-bond donors (Lipinski definition) is 1. The molecular weight excluding hydrogens is 808 g/mol. The molecule has 1 N–H and O–H groups in total. The summed E-state index contributed by atoms with van der Waals surface area (Å²) in [7, 11) is -4.29. The van der Waals surface area contributed by atoms with Gasteiger partial charge >= 0.3 is 19.8 Å². The van der Waals surface area contributed by atoms with E-state index in [0.717, 1.165) is 44.9 Å². The quantitative estimate of drug-likeness (QED) is 0.0278. The molecule has 0 aliphatic rings. The van der Waals surface area contributed by atoms with Crippen molar-refractivity contribution in [1.82, 2.24) is 0 Å². The van der Waals surface area contributed by atoms with Crippen LogP contribution in [0.5, 0.6) is 0 Å². The fourth-order valence-electron chi connectivity index (χ4n) is 8.02. The number of phosphoric acid groups is 1. The zero-order valence-electron chi connectivity index (χ0n) is 41.8. The Bertz CT molecular complexity index is 1080. The molecule has 2 atom stereocenters. The van der Waals surface area contributed by atoms with Crippen LogP contribution in [-0.2, 0) is 32.7 Å². The largest absolute Gasteiger partial charge is 0.472 e. The molecule has 0 aromatic rings. The van der Waals surface area contributed by atoms with E-state index < -0.39 is 19.9 Å². The van der Waals surface area contributed by atoms with Gasteiger partial charge in [0.05, 0.1) is 13.2 Å². The van der Waals surface area contributed by atoms with Crippen LogP contribution in [0.25, 0.3) is 0 Å². The van der Waals surface area contributed by atoms with Gasteiger partial charge in [-0.05, 0) is 51.9 Å². The molecule has 8 nitrogen and oxygen atoms in total. The summed E-state index contributed by atoms with van der Waals surface area (Å²) >= 11 is 0. The third-order valence-corrected chi connectivity index (χ3v) is 13.1. The zero-order valence-corrected chi connectivity index (χ0v) is 42.6. The lowest BCUT2D eigenvalue weighted by Gasteiger charge is -2.19. The molecule has 9 heteroatoms. The van der Waals surface area contributed by atoms with E-state index in [2.05, 4.69) is 38.2 Å². The van der Waals surface area contributed by atoms with Crippen LogP contribution in [0.1, 0.15) is 284 Å². The van der Waals surface area contributed by atoms with Crippen LogP contribution in [0.15, 0.2) is 24.3 Å². The molecule has 0 amide bonds. The molecule has 0 aromatic heterocycles. The number of ether oxygens (including phenoxy) is 2. The summed E-state index contributed by atoms with van der Waals surface area (Å²) in [6.45, 7) is 5.53. The Morgan fingerprint density at radius 1 is 0.429 bits per heavy atom. The van der Waals surface area contributed by atoms with E-state index in [-0.39, 0.29) is 32.2 Å². The third-order valence-electron chi connectivity index (χ3n) is 12.0. The second-order valence-electron chi connectivity index (χ2n) is 18.3. The predicted octanol–water partition coefficient (Wildman–Crippen LogP) is 17.7. The summed E-state index contributed by atoms with van der Waals surface area (Å²) in [6, 6.07) is 0. The average molecular weight is 911 g/mol. The van der Waals surface area contributed by atoms with Crippen molar-refractivity contribution in [3.63, 3.8) is 0 Å². The van der Waals surface area contributed by atoms with Gasteiger partial charge in [-0.15, -0.1) is 0 Å². The van der Waals surface area contributed by atoms with Gasteiger partial charge in [0.1, 0.15) is 6.61 Å². The number of carbonyl (C=O) groups excluding carboxylic acids is 2. The summed E-state index contributed by atoms with van der Waals surface area (Å²) in [5.74, 6) is -0.786. The Morgan fingerprint density at radius 2 is 0.762 bits per heavy atom. The van der Waals surface area contributed by atoms with Gasteiger partial charge in [0.15, 0.2) is 6.10 Å². The first-order valence-corrected chi connectivity index (χ1v) is 28.6. The predicted molar refractivity (Wildman–Crippen MR) is 267 cm³/mol. The van der Waals surface area contributed by atoms with Crippen LogP contribution in [0, 0.1) is 0 Å². The van der Waals surface area contributed by atoms with Gasteiger partial charge in [-0.2, -0.15) is 0 Å². The maximum atomic E-state index is 12.6. The van der Waals surface area contributed by atoms with Crippen molar-refractivity contribution >= 4 is 19.8 Å². The average Bonchev–Trinajstić information content (AvgIpc) is 3.26. The SMILES string of the molecule is CCCCCCC/C=C\C/C=C\CCCCCCCCCCCC(=O)OC(COC(=O)CCCCCCCCCCCCCCCCCCCCCCCC)COP(=O)(O)OCC. The van der Waals surface area contributed by atoms with Crippen molar-refractivity contribution in [3.8, 4) is 0 Å². The van der Waals surface area contributed by atoms with Gasteiger partial charge in [0.2, 0.25) is 0 Å². The van der Waals surface area contributed by atoms with Gasteiger partial charge < -0.3 is 14.4 Å². The van der Waals surface area contributed by atoms with Crippen molar-refractivity contribution in [1.29, 1.82) is 0 Å². The Balaban J connectivity index is 3.92. The molecule has 0 fully saturated rings. The molecule has 0 aromatic carbocycles. The topological polar surface area (TPSA) is 108 Å². The first kappa shape index (κ1) is 61.5. The van der Waals surface area contributed by atoms with Crippen LogP contribution < -0.4 is 0 Å². The van der Waals surface area contributed by atoms with E-state index in [1.807, 2.05) is 0 Å². The van der Waals surface area contributed by atoms with E-state index >= 15 is 0 Å². The molecule has 0 spiro atoms. The van der Waals surface area contributed by atoms with E-state index in [1.165, 1.54) is 199 Å². The molecule has 0 radical (unpaired) electrons. The Hall–Kier alpha value is -1.47. The van der Waals surface area contributed by atoms with Crippen LogP contribution in [0.2, 0.25) is 0 Å². The number of allylic oxidation sites excluding steroid dienone is 4. The molecule has 0 bridgehead atoms. The number of rotatable bonds is 51. The maximum absolute atomic E-state index is 12.6. The molecule has 0 saturated carbocycles. The standard InChI is InChI=1S/C54H103O8P/c1-4-7-9-11-13-15-17-19-21-23-25-27-29-30-32-34-36-38-40-42-44-46-48-53(55)59-50-52(51-61-63(57,58)60-6-3)62-54(56)49-47-45-43-41-39-37-35-33-31-28-26-24-22-20-18-16-14-12-10-8-5-2/h18,20,24,26,52H,4-17,19,21-23,25,27-51H2,1-3H3,(H,57,58)/b20-18-,26-24-. The second-order valence-corrected chi connectivity index (χ2v) is 19.7. The van der Waals surface area contributed by atoms with E-state index in [9.17, 15) is 19.0 Å². The third kappa shape index (κ3) is 49.8. The minimum Gasteiger partial charge on any atom is -0.462 e. The van der Waals surface area contributed by atoms with Gasteiger partial charge in [0.25, 0.3) is 0 Å². The van der Waals surface area contributed by atoms with E-state index in [4.69, 9.17) is 18.5 Å². The first-order chi connectivity index (χ1) is 30.8. The van der Waals surface area contributed by atoms with Gasteiger partial charge in [-0.3, -0.25) is 18.6 Å². The van der Waals surface area contributed by atoms with Gasteiger partial charge in [-0.1, -0.05) is 244 Å². The highest BCUT2D eigenvalue weighted by molar-refractivity contribution is 7.47. The first-order valence-electron chi connectivity index (χ1n) is 27.1. The van der Waals surface area contributed by atoms with Gasteiger partial charge in [0, 0.05) is 12.8 Å². The molecule has 0 aliphatic carbocycles. The second kappa shape index (κ2) is 50.0. The van der Waals surface area contributed by atoms with Crippen molar-refractivity contribution < 1.29 is 37.6 Å². The minimum atomic E-state index is -4.29. The fraction of sp³-hybridized carbons (Fsp3) is 0.889. The molecule has 2 unspecified atom stereocenters. The summed E-state index contributed by atoms with van der Waals surface area (Å²) in [6.07, 6.45) is 58.2. The molecule has 63 heavy (non-hydrogen) atoms. The van der Waals surface area contributed by atoms with Gasteiger partial charge in [-0.25, -0.2) is 4.57 Å². The minimum absolute atomic E-state index is 0.00198. The van der Waals surface area contributed by atoms with Crippen molar-refractivity contribution in [3.05, 3.63) is 24.3 Å². The smallest absolute Gasteiger partial charge is 0.462 e. The summed E-state index contributed by atoms with van der Waals surface area (Å²) in [4.78, 5) is 35.0. The van der Waals surface area contributed by atoms with Crippen LogP contribution in [0.4, 0.5) is 0 Å². The van der Waals surface area contributed by atoms with Crippen LogP contribution >= 0.6 is 7.82 Å². The van der Waals surface area contributed by atoms with E-state index in [1.54, 1.807) is 6.92 Å². The summed E-state index contributed by atoms with van der Waals surface area (Å²) in [5.41, 5.74) is 0. The maximum Gasteiger partial charge on any atom is 0.472 e. The van der Waals surface area contributed by atoms with Crippen LogP contribution in [0.3, 0.4) is 0 Å². The normalized spacial score (nSPS) is 13.3. The summed E-state index contributed by atoms with van der Waals surface area (Å²) in [5, 5.41) is 0. The van der Waals surface area contributed by atoms with Crippen molar-refractivity contribution in [2.24, 2.45) is 0 Å². The summed E-state index contributed by atoms with van der Waals surface area (Å²) < 4.78 is 32.9. The lowest BCUT2D eigenvalue weighted by Crippen LogP contribution is -2.29. The van der Waals surface area contributed by atoms with Crippen LogP contribution in [-0.4, -0.2) is 42.8 Å². The zero-order chi connectivity index (χ0) is 46.0. The lowest BCUT2D eigenvalue weighted by molar-refractivity contribution is -0.161. The number of carbonyl (C=O) groups is 2. The Kier molecular flexibility index (Phi) is 48.8. The highest BCUT2D eigenvalue weighted by Crippen LogP contribution is 2.43. The van der Waals surface area contributed by atoms with Crippen molar-refractivity contribution in [2.75, 3.05) is 19.8 Å². The molecule has 0 heterocycles. The Morgan fingerprint density at radius 3 is 1.13 bits per heavy atom. The molecule has 0 saturated heterocycles. The Labute approximate surface area is 390 Å². The lowest BCUT2D eigenvalue weighted by atomic mass is 10.0.